The van der Waals surface area contributed by atoms with Gasteiger partial charge in [-0.3, -0.25) is 0 Å². The second kappa shape index (κ2) is 5.84. The number of aromatic nitrogens is 1. The monoisotopic (exact) mass is 358 g/mol. The predicted octanol–water partition coefficient (Wildman–Crippen LogP) is 5.55. The van der Waals surface area contributed by atoms with E-state index in [1.807, 2.05) is 11.3 Å². The molecule has 0 aromatic carbocycles. The summed E-state index contributed by atoms with van der Waals surface area (Å²) in [6, 6.07) is 3.36. The molecule has 0 atom stereocenters. The summed E-state index contributed by atoms with van der Waals surface area (Å²) in [5.74, 6) is -0.248. The van der Waals surface area contributed by atoms with Crippen molar-refractivity contribution in [3.05, 3.63) is 39.4 Å². The third-order valence-corrected chi connectivity index (χ3v) is 6.94. The van der Waals surface area contributed by atoms with E-state index in [9.17, 15) is 4.79 Å². The van der Waals surface area contributed by atoms with Crippen molar-refractivity contribution < 1.29 is 9.90 Å². The van der Waals surface area contributed by atoms with Crippen LogP contribution in [0.5, 0.6) is 0 Å². The molecule has 0 unspecified atom stereocenters. The lowest BCUT2D eigenvalue weighted by Gasteiger charge is -2.39. The third-order valence-electron chi connectivity index (χ3n) is 5.37. The third kappa shape index (κ3) is 3.06. The van der Waals surface area contributed by atoms with Gasteiger partial charge in [-0.25, -0.2) is 9.78 Å². The first-order valence-electron chi connectivity index (χ1n) is 8.65. The van der Waals surface area contributed by atoms with Gasteiger partial charge in [0, 0.05) is 4.88 Å². The standard InChI is InChI=1S/C20H26N2O2S/c1-11-15-16(20(5,6)10-9-19(15,3)4)25-17(11)22-14-8-7-13(18(23)24)12(2)21-14/h7-8H,9-10H2,1-6H3,(H,21,22)(H,23,24). The van der Waals surface area contributed by atoms with Gasteiger partial charge in [-0.15, -0.1) is 11.3 Å². The van der Waals surface area contributed by atoms with E-state index < -0.39 is 5.97 Å². The van der Waals surface area contributed by atoms with Gasteiger partial charge in [0.15, 0.2) is 0 Å². The maximum absolute atomic E-state index is 11.2. The summed E-state index contributed by atoms with van der Waals surface area (Å²) in [5, 5.41) is 13.7. The highest BCUT2D eigenvalue weighted by atomic mass is 32.1. The number of carboxylic acids is 1. The molecule has 0 saturated carbocycles. The van der Waals surface area contributed by atoms with Crippen molar-refractivity contribution in [3.8, 4) is 0 Å². The first kappa shape index (κ1) is 17.9. The summed E-state index contributed by atoms with van der Waals surface area (Å²) in [6.07, 6.45) is 2.38. The fraction of sp³-hybridized carbons (Fsp3) is 0.500. The second-order valence-electron chi connectivity index (χ2n) is 8.29. The molecule has 0 spiro atoms. The number of hydrogen-bond acceptors (Lipinski definition) is 4. The summed E-state index contributed by atoms with van der Waals surface area (Å²) in [6.45, 7) is 13.2. The van der Waals surface area contributed by atoms with Crippen LogP contribution in [-0.4, -0.2) is 16.1 Å². The topological polar surface area (TPSA) is 62.2 Å². The first-order valence-corrected chi connectivity index (χ1v) is 9.47. The molecule has 1 aliphatic rings. The smallest absolute Gasteiger partial charge is 0.337 e. The van der Waals surface area contributed by atoms with Crippen LogP contribution in [-0.2, 0) is 10.8 Å². The van der Waals surface area contributed by atoms with Gasteiger partial charge in [-0.1, -0.05) is 27.7 Å². The van der Waals surface area contributed by atoms with Crippen LogP contribution in [0.25, 0.3) is 0 Å². The number of thiophene rings is 1. The minimum Gasteiger partial charge on any atom is -0.478 e. The van der Waals surface area contributed by atoms with E-state index in [0.29, 0.717) is 11.5 Å². The van der Waals surface area contributed by atoms with E-state index in [1.165, 1.54) is 28.8 Å². The normalized spacial score (nSPS) is 17.8. The summed E-state index contributed by atoms with van der Waals surface area (Å²) < 4.78 is 0. The molecular weight excluding hydrogens is 332 g/mol. The van der Waals surface area contributed by atoms with Gasteiger partial charge in [-0.2, -0.15) is 0 Å². The van der Waals surface area contributed by atoms with Crippen molar-refractivity contribution in [2.24, 2.45) is 0 Å². The minimum atomic E-state index is -0.942. The molecule has 1 aliphatic carbocycles. The van der Waals surface area contributed by atoms with Crippen LogP contribution < -0.4 is 5.32 Å². The van der Waals surface area contributed by atoms with Crippen LogP contribution >= 0.6 is 11.3 Å². The van der Waals surface area contributed by atoms with Gasteiger partial charge in [-0.05, 0) is 60.8 Å². The average Bonchev–Trinajstić information content (AvgIpc) is 2.83. The highest BCUT2D eigenvalue weighted by molar-refractivity contribution is 7.16. The Kier molecular flexibility index (Phi) is 4.18. The van der Waals surface area contributed by atoms with Gasteiger partial charge in [0.2, 0.25) is 0 Å². The molecule has 2 aromatic rings. The Morgan fingerprint density at radius 3 is 2.36 bits per heavy atom. The number of fused-ring (bicyclic) bond motifs is 1. The lowest BCUT2D eigenvalue weighted by molar-refractivity contribution is 0.0695. The van der Waals surface area contributed by atoms with Crippen molar-refractivity contribution in [2.75, 3.05) is 5.32 Å². The Balaban J connectivity index is 2.02. The lowest BCUT2D eigenvalue weighted by Crippen LogP contribution is -2.32. The Bertz CT molecular complexity index is 850. The van der Waals surface area contributed by atoms with E-state index in [1.54, 1.807) is 19.1 Å². The Labute approximate surface area is 153 Å². The SMILES string of the molecule is Cc1nc(Nc2sc3c(c2C)C(C)(C)CCC3(C)C)ccc1C(=O)O. The van der Waals surface area contributed by atoms with Crippen molar-refractivity contribution in [3.63, 3.8) is 0 Å². The summed E-state index contributed by atoms with van der Waals surface area (Å²) in [5.41, 5.74) is 3.90. The van der Waals surface area contributed by atoms with Gasteiger partial charge >= 0.3 is 5.97 Å². The number of anilines is 2. The number of carbonyl (C=O) groups is 1. The van der Waals surface area contributed by atoms with Crippen molar-refractivity contribution in [1.29, 1.82) is 0 Å². The zero-order chi connectivity index (χ0) is 18.6. The molecule has 2 N–H and O–H groups in total. The van der Waals surface area contributed by atoms with Crippen LogP contribution in [0.2, 0.25) is 0 Å². The summed E-state index contributed by atoms with van der Waals surface area (Å²) in [4.78, 5) is 17.0. The van der Waals surface area contributed by atoms with Crippen molar-refractivity contribution in [2.45, 2.75) is 65.2 Å². The minimum absolute atomic E-state index is 0.182. The van der Waals surface area contributed by atoms with Crippen LogP contribution in [0.4, 0.5) is 10.8 Å². The van der Waals surface area contributed by atoms with E-state index in [0.717, 1.165) is 5.00 Å². The van der Waals surface area contributed by atoms with Gasteiger partial charge in [0.25, 0.3) is 0 Å². The number of pyridine rings is 1. The number of carboxylic acid groups (broad SMARTS) is 1. The molecule has 2 heterocycles. The molecule has 2 aromatic heterocycles. The number of hydrogen-bond donors (Lipinski definition) is 2. The molecule has 25 heavy (non-hydrogen) atoms. The average molecular weight is 359 g/mol. The molecule has 0 saturated heterocycles. The number of aromatic carboxylic acids is 1. The molecule has 0 amide bonds. The highest BCUT2D eigenvalue weighted by Crippen LogP contribution is 2.53. The Hall–Kier alpha value is -1.88. The van der Waals surface area contributed by atoms with Gasteiger partial charge in [0.1, 0.15) is 5.82 Å². The molecule has 0 fully saturated rings. The molecule has 5 heteroatoms. The maximum Gasteiger partial charge on any atom is 0.337 e. The summed E-state index contributed by atoms with van der Waals surface area (Å²) in [7, 11) is 0. The van der Waals surface area contributed by atoms with E-state index in [4.69, 9.17) is 5.11 Å². The maximum atomic E-state index is 11.2. The zero-order valence-corrected chi connectivity index (χ0v) is 16.6. The largest absolute Gasteiger partial charge is 0.478 e. The zero-order valence-electron chi connectivity index (χ0n) is 15.8. The van der Waals surface area contributed by atoms with Crippen LogP contribution in [0, 0.1) is 13.8 Å². The van der Waals surface area contributed by atoms with Crippen LogP contribution in [0.15, 0.2) is 12.1 Å². The van der Waals surface area contributed by atoms with Crippen LogP contribution in [0.3, 0.4) is 0 Å². The fourth-order valence-corrected chi connectivity index (χ4v) is 5.29. The van der Waals surface area contributed by atoms with Gasteiger partial charge < -0.3 is 10.4 Å². The molecule has 3 rings (SSSR count). The highest BCUT2D eigenvalue weighted by Gasteiger charge is 2.40. The number of aryl methyl sites for hydroxylation is 1. The van der Waals surface area contributed by atoms with Crippen LogP contribution in [0.1, 0.15) is 72.6 Å². The number of rotatable bonds is 3. The molecular formula is C20H26N2O2S. The predicted molar refractivity (Wildman–Crippen MR) is 104 cm³/mol. The quantitative estimate of drug-likeness (QED) is 0.755. The van der Waals surface area contributed by atoms with Crippen molar-refractivity contribution >= 4 is 28.1 Å². The van der Waals surface area contributed by atoms with E-state index >= 15 is 0 Å². The second-order valence-corrected chi connectivity index (χ2v) is 9.31. The van der Waals surface area contributed by atoms with E-state index in [2.05, 4.69) is 44.9 Å². The van der Waals surface area contributed by atoms with E-state index in [-0.39, 0.29) is 16.4 Å². The van der Waals surface area contributed by atoms with Gasteiger partial charge in [0.05, 0.1) is 16.3 Å². The molecule has 4 nitrogen and oxygen atoms in total. The summed E-state index contributed by atoms with van der Waals surface area (Å²) >= 11 is 1.81. The molecule has 0 bridgehead atoms. The first-order chi connectivity index (χ1) is 11.5. The Morgan fingerprint density at radius 1 is 1.16 bits per heavy atom. The number of nitrogens with one attached hydrogen (secondary N) is 1. The lowest BCUT2D eigenvalue weighted by atomic mass is 9.66. The molecule has 0 radical (unpaired) electrons. The Morgan fingerprint density at radius 2 is 1.80 bits per heavy atom. The molecule has 134 valence electrons. The number of nitrogens with zero attached hydrogens (tertiary/aromatic N) is 1. The fourth-order valence-electron chi connectivity index (χ4n) is 3.76. The van der Waals surface area contributed by atoms with Crippen molar-refractivity contribution in [1.82, 2.24) is 4.98 Å². The molecule has 0 aliphatic heterocycles.